The van der Waals surface area contributed by atoms with Gasteiger partial charge in [0.15, 0.2) is 0 Å². The van der Waals surface area contributed by atoms with Crippen molar-refractivity contribution in [1.29, 1.82) is 0 Å². The summed E-state index contributed by atoms with van der Waals surface area (Å²) in [6.07, 6.45) is 2.95. The minimum atomic E-state index is -0.379. The van der Waals surface area contributed by atoms with E-state index in [1.165, 1.54) is 0 Å². The number of amides is 2. The van der Waals surface area contributed by atoms with Crippen molar-refractivity contribution < 1.29 is 14.7 Å². The molecule has 1 aliphatic heterocycles. The number of piperidine rings is 1. The van der Waals surface area contributed by atoms with Gasteiger partial charge < -0.3 is 15.3 Å². The van der Waals surface area contributed by atoms with Crippen molar-refractivity contribution in [3.05, 3.63) is 0 Å². The molecule has 1 saturated heterocycles. The van der Waals surface area contributed by atoms with Gasteiger partial charge in [0, 0.05) is 38.1 Å². The summed E-state index contributed by atoms with van der Waals surface area (Å²) in [6.45, 7) is 7.89. The minimum Gasteiger partial charge on any atom is -0.396 e. The summed E-state index contributed by atoms with van der Waals surface area (Å²) in [7, 11) is 0. The molecule has 1 heterocycles. The molecule has 0 aromatic carbocycles. The van der Waals surface area contributed by atoms with Gasteiger partial charge in [0.1, 0.15) is 0 Å². The van der Waals surface area contributed by atoms with Crippen molar-refractivity contribution in [1.82, 2.24) is 10.2 Å². The van der Waals surface area contributed by atoms with Gasteiger partial charge in [-0.1, -0.05) is 20.8 Å². The van der Waals surface area contributed by atoms with Crippen LogP contribution in [0.2, 0.25) is 0 Å². The molecule has 2 N–H and O–H groups in total. The fourth-order valence-electron chi connectivity index (χ4n) is 2.23. The van der Waals surface area contributed by atoms with Crippen molar-refractivity contribution in [3.8, 4) is 0 Å². The summed E-state index contributed by atoms with van der Waals surface area (Å²) in [6, 6.07) is 0. The second kappa shape index (κ2) is 7.62. The molecule has 1 aliphatic rings. The van der Waals surface area contributed by atoms with E-state index in [0.717, 1.165) is 25.9 Å². The number of rotatable bonds is 5. The molecule has 0 radical (unpaired) electrons. The van der Waals surface area contributed by atoms with Crippen LogP contribution in [-0.4, -0.2) is 48.1 Å². The zero-order chi connectivity index (χ0) is 15.2. The fourth-order valence-corrected chi connectivity index (χ4v) is 2.23. The quantitative estimate of drug-likeness (QED) is 0.744. The Morgan fingerprint density at radius 2 is 1.85 bits per heavy atom. The first-order chi connectivity index (χ1) is 9.34. The molecule has 0 spiro atoms. The van der Waals surface area contributed by atoms with E-state index in [9.17, 15) is 9.59 Å². The molecule has 0 saturated carbocycles. The van der Waals surface area contributed by atoms with E-state index < -0.39 is 0 Å². The van der Waals surface area contributed by atoms with E-state index in [-0.39, 0.29) is 23.8 Å². The molecule has 20 heavy (non-hydrogen) atoms. The van der Waals surface area contributed by atoms with Gasteiger partial charge in [-0.05, 0) is 25.2 Å². The predicted octanol–water partition coefficient (Wildman–Crippen LogP) is 1.16. The number of carbonyl (C=O) groups excluding carboxylic acids is 2. The maximum Gasteiger partial charge on any atom is 0.225 e. The number of likely N-dealkylation sites (tertiary alicyclic amines) is 1. The lowest BCUT2D eigenvalue weighted by atomic mass is 9.95. The van der Waals surface area contributed by atoms with E-state index in [4.69, 9.17) is 5.11 Å². The molecule has 2 amide bonds. The Morgan fingerprint density at radius 1 is 1.25 bits per heavy atom. The molecular formula is C15H28N2O3. The molecule has 5 heteroatoms. The molecule has 1 rings (SSSR count). The second-order valence-electron chi connectivity index (χ2n) is 6.62. The Bertz CT molecular complexity index is 329. The normalized spacial score (nSPS) is 17.1. The van der Waals surface area contributed by atoms with Crippen LogP contribution in [0.1, 0.15) is 46.5 Å². The highest BCUT2D eigenvalue weighted by Gasteiger charge is 2.22. The lowest BCUT2D eigenvalue weighted by Crippen LogP contribution is -2.40. The Morgan fingerprint density at radius 3 is 2.35 bits per heavy atom. The number of hydrogen-bond acceptors (Lipinski definition) is 3. The predicted molar refractivity (Wildman–Crippen MR) is 78.1 cm³/mol. The fraction of sp³-hybridized carbons (Fsp3) is 0.867. The first-order valence-corrected chi connectivity index (χ1v) is 7.51. The van der Waals surface area contributed by atoms with Gasteiger partial charge in [-0.3, -0.25) is 9.59 Å². The molecule has 0 aromatic rings. The number of aliphatic hydroxyl groups excluding tert-OH is 1. The van der Waals surface area contributed by atoms with Crippen molar-refractivity contribution >= 4 is 11.8 Å². The second-order valence-corrected chi connectivity index (χ2v) is 6.62. The van der Waals surface area contributed by atoms with Gasteiger partial charge in [0.05, 0.1) is 0 Å². The Kier molecular flexibility index (Phi) is 6.46. The third kappa shape index (κ3) is 5.49. The molecular weight excluding hydrogens is 256 g/mol. The van der Waals surface area contributed by atoms with Gasteiger partial charge in [-0.2, -0.15) is 0 Å². The SMILES string of the molecule is CC(C)(C)C(=O)NCCCC(=O)N1CCC(CO)CC1. The summed E-state index contributed by atoms with van der Waals surface area (Å²) < 4.78 is 0. The van der Waals surface area contributed by atoms with E-state index in [0.29, 0.717) is 25.3 Å². The highest BCUT2D eigenvalue weighted by atomic mass is 16.3. The number of carbonyl (C=O) groups is 2. The summed E-state index contributed by atoms with van der Waals surface area (Å²) in [5.41, 5.74) is -0.379. The van der Waals surface area contributed by atoms with Crippen molar-refractivity contribution in [2.75, 3.05) is 26.2 Å². The van der Waals surface area contributed by atoms with Crippen LogP contribution >= 0.6 is 0 Å². The van der Waals surface area contributed by atoms with Crippen LogP contribution in [0.15, 0.2) is 0 Å². The van der Waals surface area contributed by atoms with Crippen LogP contribution in [0.3, 0.4) is 0 Å². The molecule has 1 fully saturated rings. The summed E-state index contributed by atoms with van der Waals surface area (Å²) in [5, 5.41) is 11.9. The number of nitrogens with one attached hydrogen (secondary N) is 1. The topological polar surface area (TPSA) is 69.6 Å². The van der Waals surface area contributed by atoms with E-state index in [1.807, 2.05) is 25.7 Å². The van der Waals surface area contributed by atoms with Crippen LogP contribution in [0.25, 0.3) is 0 Å². The maximum absolute atomic E-state index is 12.0. The van der Waals surface area contributed by atoms with Crippen molar-refractivity contribution in [3.63, 3.8) is 0 Å². The molecule has 116 valence electrons. The van der Waals surface area contributed by atoms with Crippen molar-refractivity contribution in [2.24, 2.45) is 11.3 Å². The maximum atomic E-state index is 12.0. The van der Waals surface area contributed by atoms with E-state index in [1.54, 1.807) is 0 Å². The molecule has 0 unspecified atom stereocenters. The van der Waals surface area contributed by atoms with Gasteiger partial charge in [-0.25, -0.2) is 0 Å². The van der Waals surface area contributed by atoms with E-state index >= 15 is 0 Å². The third-order valence-corrected chi connectivity index (χ3v) is 3.76. The molecule has 0 atom stereocenters. The first kappa shape index (κ1) is 17.0. The van der Waals surface area contributed by atoms with Crippen molar-refractivity contribution in [2.45, 2.75) is 46.5 Å². The van der Waals surface area contributed by atoms with Gasteiger partial charge >= 0.3 is 0 Å². The highest BCUT2D eigenvalue weighted by molar-refractivity contribution is 5.81. The van der Waals surface area contributed by atoms with Gasteiger partial charge in [0.25, 0.3) is 0 Å². The zero-order valence-electron chi connectivity index (χ0n) is 12.9. The zero-order valence-corrected chi connectivity index (χ0v) is 12.9. The average molecular weight is 284 g/mol. The van der Waals surface area contributed by atoms with Crippen LogP contribution in [-0.2, 0) is 9.59 Å². The summed E-state index contributed by atoms with van der Waals surface area (Å²) in [4.78, 5) is 25.5. The minimum absolute atomic E-state index is 0.0220. The largest absolute Gasteiger partial charge is 0.396 e. The van der Waals surface area contributed by atoms with Crippen LogP contribution in [0.5, 0.6) is 0 Å². The number of nitrogens with zero attached hydrogens (tertiary/aromatic N) is 1. The standard InChI is InChI=1S/C15H28N2O3/c1-15(2,3)14(20)16-8-4-5-13(19)17-9-6-12(11-18)7-10-17/h12,18H,4-11H2,1-3H3,(H,16,20). The third-order valence-electron chi connectivity index (χ3n) is 3.76. The molecule has 0 bridgehead atoms. The first-order valence-electron chi connectivity index (χ1n) is 7.51. The number of hydrogen-bond donors (Lipinski definition) is 2. The Hall–Kier alpha value is -1.10. The van der Waals surface area contributed by atoms with Gasteiger partial charge in [0.2, 0.25) is 11.8 Å². The summed E-state index contributed by atoms with van der Waals surface area (Å²) in [5.74, 6) is 0.533. The Balaban J connectivity index is 2.16. The highest BCUT2D eigenvalue weighted by Crippen LogP contribution is 2.17. The average Bonchev–Trinajstić information content (AvgIpc) is 2.42. The van der Waals surface area contributed by atoms with E-state index in [2.05, 4.69) is 5.32 Å². The summed E-state index contributed by atoms with van der Waals surface area (Å²) >= 11 is 0. The number of aliphatic hydroxyl groups is 1. The van der Waals surface area contributed by atoms with Crippen LogP contribution in [0.4, 0.5) is 0 Å². The Labute approximate surface area is 121 Å². The van der Waals surface area contributed by atoms with Crippen LogP contribution in [0, 0.1) is 11.3 Å². The molecule has 0 aromatic heterocycles. The smallest absolute Gasteiger partial charge is 0.225 e. The molecule has 0 aliphatic carbocycles. The lowest BCUT2D eigenvalue weighted by Gasteiger charge is -2.31. The van der Waals surface area contributed by atoms with Crippen LogP contribution < -0.4 is 5.32 Å². The molecule has 5 nitrogen and oxygen atoms in total. The van der Waals surface area contributed by atoms with Gasteiger partial charge in [-0.15, -0.1) is 0 Å². The monoisotopic (exact) mass is 284 g/mol. The lowest BCUT2D eigenvalue weighted by molar-refractivity contribution is -0.133.